The van der Waals surface area contributed by atoms with E-state index in [2.05, 4.69) is 17.2 Å². The summed E-state index contributed by atoms with van der Waals surface area (Å²) < 4.78 is 19.5. The summed E-state index contributed by atoms with van der Waals surface area (Å²) in [6, 6.07) is 7.34. The van der Waals surface area contributed by atoms with Crippen LogP contribution in [0.2, 0.25) is 0 Å². The molecule has 182 valence electrons. The molecule has 10 nitrogen and oxygen atoms in total. The Morgan fingerprint density at radius 3 is 1.67 bits per heavy atom. The molecule has 0 fully saturated rings. The van der Waals surface area contributed by atoms with Gasteiger partial charge in [0.05, 0.1) is 11.1 Å². The topological polar surface area (TPSA) is 129 Å². The Balaban J connectivity index is 2.71. The second-order valence-corrected chi connectivity index (χ2v) is 8.06. The third-order valence-electron chi connectivity index (χ3n) is 4.48. The molecule has 0 saturated heterocycles. The average molecular weight is 465 g/mol. The van der Waals surface area contributed by atoms with E-state index in [1.165, 1.54) is 6.92 Å². The summed E-state index contributed by atoms with van der Waals surface area (Å²) in [6.45, 7) is 11.5. The molecular weight excluding hydrogens is 432 g/mol. The highest BCUT2D eigenvalue weighted by atomic mass is 16.6. The molecule has 1 aromatic rings. The van der Waals surface area contributed by atoms with Crippen LogP contribution in [0.25, 0.3) is 0 Å². The van der Waals surface area contributed by atoms with Crippen LogP contribution in [0, 0.1) is 0 Å². The lowest BCUT2D eigenvalue weighted by atomic mass is 9.87. The Morgan fingerprint density at radius 1 is 0.818 bits per heavy atom. The third kappa shape index (κ3) is 10.1. The Labute approximate surface area is 193 Å². The zero-order valence-corrected chi connectivity index (χ0v) is 19.7. The molecule has 0 radical (unpaired) electrons. The van der Waals surface area contributed by atoms with Gasteiger partial charge in [-0.1, -0.05) is 30.8 Å². The molecule has 0 unspecified atom stereocenters. The van der Waals surface area contributed by atoms with Crippen LogP contribution in [-0.4, -0.2) is 50.6 Å². The van der Waals surface area contributed by atoms with Crippen molar-refractivity contribution in [2.75, 3.05) is 26.4 Å². The van der Waals surface area contributed by atoms with Gasteiger partial charge in [0.15, 0.2) is 0 Å². The number of nitrogens with one attached hydrogen (secondary N) is 2. The summed E-state index contributed by atoms with van der Waals surface area (Å²) in [6.07, 6.45) is -0.306. The fourth-order valence-electron chi connectivity index (χ4n) is 2.68. The van der Waals surface area contributed by atoms with E-state index in [1.807, 2.05) is 24.3 Å². The number of hydrogen-bond donors (Lipinski definition) is 2. The summed E-state index contributed by atoms with van der Waals surface area (Å²) in [4.78, 5) is 46.0. The van der Waals surface area contributed by atoms with Crippen molar-refractivity contribution in [2.24, 2.45) is 0 Å². The van der Waals surface area contributed by atoms with Crippen LogP contribution < -0.4 is 10.6 Å². The van der Waals surface area contributed by atoms with E-state index >= 15 is 0 Å². The van der Waals surface area contributed by atoms with Gasteiger partial charge in [0.1, 0.15) is 26.4 Å². The summed E-state index contributed by atoms with van der Waals surface area (Å²) >= 11 is 0. The number of amides is 2. The van der Waals surface area contributed by atoms with Crippen LogP contribution in [0.5, 0.6) is 0 Å². The molecule has 0 aromatic heterocycles. The number of carbonyl (C=O) groups is 4. The van der Waals surface area contributed by atoms with Crippen molar-refractivity contribution in [1.82, 2.24) is 10.6 Å². The van der Waals surface area contributed by atoms with Crippen LogP contribution in [-0.2, 0) is 39.6 Å². The minimum atomic E-state index is -0.800. The van der Waals surface area contributed by atoms with Gasteiger partial charge < -0.3 is 29.6 Å². The molecular formula is C23H32N2O8. The minimum absolute atomic E-state index is 0.0225. The molecule has 0 aliphatic heterocycles. The molecule has 0 aliphatic rings. The molecule has 1 aromatic carbocycles. The highest BCUT2D eigenvalue weighted by molar-refractivity contribution is 5.81. The number of alkyl carbamates (subject to hydrolysis) is 2. The van der Waals surface area contributed by atoms with Crippen molar-refractivity contribution < 1.29 is 38.1 Å². The lowest BCUT2D eigenvalue weighted by Crippen LogP contribution is -2.43. The first-order valence-electron chi connectivity index (χ1n) is 10.3. The van der Waals surface area contributed by atoms with Gasteiger partial charge in [-0.25, -0.2) is 14.4 Å². The van der Waals surface area contributed by atoms with Crippen LogP contribution in [0.3, 0.4) is 0 Å². The molecule has 2 N–H and O–H groups in total. The molecule has 0 aliphatic carbocycles. The predicted octanol–water partition coefficient (Wildman–Crippen LogP) is 2.90. The predicted molar refractivity (Wildman–Crippen MR) is 119 cm³/mol. The van der Waals surface area contributed by atoms with E-state index in [-0.39, 0.29) is 26.4 Å². The molecule has 0 atom stereocenters. The number of esters is 2. The Kier molecular flexibility index (Phi) is 10.4. The van der Waals surface area contributed by atoms with E-state index < -0.39 is 35.2 Å². The van der Waals surface area contributed by atoms with Crippen molar-refractivity contribution in [3.8, 4) is 0 Å². The molecule has 2 amide bonds. The number of hydrogen-bond acceptors (Lipinski definition) is 8. The van der Waals surface area contributed by atoms with Crippen LogP contribution in [0.4, 0.5) is 9.59 Å². The summed E-state index contributed by atoms with van der Waals surface area (Å²) in [5.41, 5.74) is -0.0456. The largest absolute Gasteiger partial charge is 0.462 e. The molecule has 33 heavy (non-hydrogen) atoms. The third-order valence-corrected chi connectivity index (χ3v) is 4.48. The minimum Gasteiger partial charge on any atom is -0.462 e. The highest BCUT2D eigenvalue weighted by Crippen LogP contribution is 2.26. The number of rotatable bonds is 11. The van der Waals surface area contributed by atoms with Crippen LogP contribution >= 0.6 is 0 Å². The first kappa shape index (κ1) is 27.5. The van der Waals surface area contributed by atoms with Gasteiger partial charge >= 0.3 is 24.1 Å². The molecule has 0 saturated carbocycles. The van der Waals surface area contributed by atoms with Crippen molar-refractivity contribution in [2.45, 2.75) is 45.7 Å². The van der Waals surface area contributed by atoms with Crippen LogP contribution in [0.15, 0.2) is 36.9 Å². The Morgan fingerprint density at radius 2 is 1.24 bits per heavy atom. The number of ether oxygens (including phenoxy) is 4. The molecule has 10 heteroatoms. The number of benzene rings is 1. The van der Waals surface area contributed by atoms with E-state index in [0.29, 0.717) is 0 Å². The fourth-order valence-corrected chi connectivity index (χ4v) is 2.68. The van der Waals surface area contributed by atoms with E-state index in [9.17, 15) is 19.2 Å². The van der Waals surface area contributed by atoms with Gasteiger partial charge in [-0.3, -0.25) is 4.79 Å². The van der Waals surface area contributed by atoms with Gasteiger partial charge in [0, 0.05) is 13.0 Å². The zero-order valence-electron chi connectivity index (χ0n) is 19.7. The summed E-state index contributed by atoms with van der Waals surface area (Å²) in [5, 5.41) is 5.53. The second kappa shape index (κ2) is 12.5. The molecule has 0 heterocycles. The Hall–Kier alpha value is -3.56. The maximum absolute atomic E-state index is 12.1. The zero-order chi connectivity index (χ0) is 25.1. The lowest BCUT2D eigenvalue weighted by molar-refractivity contribution is -0.142. The van der Waals surface area contributed by atoms with E-state index in [4.69, 9.17) is 18.9 Å². The second-order valence-electron chi connectivity index (χ2n) is 8.06. The normalized spacial score (nSPS) is 11.1. The van der Waals surface area contributed by atoms with Gasteiger partial charge in [-0.2, -0.15) is 0 Å². The first-order chi connectivity index (χ1) is 15.4. The quantitative estimate of drug-likeness (QED) is 0.221. The maximum Gasteiger partial charge on any atom is 0.407 e. The average Bonchev–Trinajstić information content (AvgIpc) is 2.73. The van der Waals surface area contributed by atoms with E-state index in [1.54, 1.807) is 27.7 Å². The highest BCUT2D eigenvalue weighted by Gasteiger charge is 2.28. The Bertz CT molecular complexity index is 864. The first-order valence-corrected chi connectivity index (χ1v) is 10.3. The van der Waals surface area contributed by atoms with Gasteiger partial charge in [-0.05, 0) is 38.8 Å². The monoisotopic (exact) mass is 464 g/mol. The van der Waals surface area contributed by atoms with Gasteiger partial charge in [0.25, 0.3) is 0 Å². The molecule has 0 spiro atoms. The van der Waals surface area contributed by atoms with E-state index in [0.717, 1.165) is 17.2 Å². The van der Waals surface area contributed by atoms with Crippen molar-refractivity contribution in [1.29, 1.82) is 0 Å². The van der Waals surface area contributed by atoms with Gasteiger partial charge in [-0.15, -0.1) is 0 Å². The number of carbonyl (C=O) groups excluding carboxylic acids is 4. The SMILES string of the molecule is C=CC(=O)OCCOC(=O)NC(C)(C)c1cccc(C(C)(C)NC(=O)OCCOC(C)=O)c1. The van der Waals surface area contributed by atoms with Crippen molar-refractivity contribution >= 4 is 24.1 Å². The molecule has 0 bridgehead atoms. The lowest BCUT2D eigenvalue weighted by Gasteiger charge is -2.30. The smallest absolute Gasteiger partial charge is 0.407 e. The van der Waals surface area contributed by atoms with Crippen molar-refractivity contribution in [3.63, 3.8) is 0 Å². The maximum atomic E-state index is 12.1. The van der Waals surface area contributed by atoms with Crippen LogP contribution in [0.1, 0.15) is 45.7 Å². The fraction of sp³-hybridized carbons (Fsp3) is 0.478. The summed E-state index contributed by atoms with van der Waals surface area (Å²) in [7, 11) is 0. The molecule has 1 rings (SSSR count). The van der Waals surface area contributed by atoms with Gasteiger partial charge in [0.2, 0.25) is 0 Å². The summed E-state index contributed by atoms with van der Waals surface area (Å²) in [5.74, 6) is -1.05. The standard InChI is InChI=1S/C23H32N2O8/c1-7-19(27)31-12-14-33-21(29)25-23(5,6)18-10-8-9-17(15-18)22(3,4)24-20(28)32-13-11-30-16(2)26/h7-10,15H,1,11-14H2,2-6H3,(H,24,28)(H,25,29). The van der Waals surface area contributed by atoms with Crippen molar-refractivity contribution in [3.05, 3.63) is 48.0 Å².